The molecule has 1 saturated carbocycles. The van der Waals surface area contributed by atoms with Crippen LogP contribution in [-0.2, 0) is 6.54 Å². The zero-order valence-corrected chi connectivity index (χ0v) is 13.4. The summed E-state index contributed by atoms with van der Waals surface area (Å²) in [6, 6.07) is 7.14. The SMILES string of the molecule is CCC1CN(Cc2ccc(Cl)cc2Cl)C(C2CC2)CN1. The lowest BCUT2D eigenvalue weighted by Crippen LogP contribution is -2.56. The summed E-state index contributed by atoms with van der Waals surface area (Å²) in [5, 5.41) is 5.19. The first-order valence-corrected chi connectivity index (χ1v) is 8.34. The van der Waals surface area contributed by atoms with Gasteiger partial charge in [-0.15, -0.1) is 0 Å². The fourth-order valence-corrected chi connectivity index (χ4v) is 3.64. The largest absolute Gasteiger partial charge is 0.311 e. The number of nitrogens with one attached hydrogen (secondary N) is 1. The van der Waals surface area contributed by atoms with Crippen LogP contribution >= 0.6 is 23.2 Å². The first kappa shape index (κ1) is 14.6. The number of benzene rings is 1. The van der Waals surface area contributed by atoms with Crippen LogP contribution in [0.25, 0.3) is 0 Å². The van der Waals surface area contributed by atoms with Crippen LogP contribution in [-0.4, -0.2) is 30.1 Å². The molecule has 20 heavy (non-hydrogen) atoms. The summed E-state index contributed by atoms with van der Waals surface area (Å²) in [4.78, 5) is 2.62. The van der Waals surface area contributed by atoms with Gasteiger partial charge in [-0.3, -0.25) is 4.90 Å². The summed E-state index contributed by atoms with van der Waals surface area (Å²) in [6.07, 6.45) is 3.95. The van der Waals surface area contributed by atoms with E-state index < -0.39 is 0 Å². The molecule has 0 amide bonds. The van der Waals surface area contributed by atoms with E-state index >= 15 is 0 Å². The second kappa shape index (κ2) is 6.23. The summed E-state index contributed by atoms with van der Waals surface area (Å²) < 4.78 is 0. The number of rotatable bonds is 4. The molecule has 110 valence electrons. The molecule has 2 atom stereocenters. The number of hydrogen-bond acceptors (Lipinski definition) is 2. The minimum absolute atomic E-state index is 0.607. The Morgan fingerprint density at radius 1 is 1.30 bits per heavy atom. The van der Waals surface area contributed by atoms with Gasteiger partial charge in [0.25, 0.3) is 0 Å². The molecule has 0 aromatic heterocycles. The molecule has 0 bridgehead atoms. The lowest BCUT2D eigenvalue weighted by atomic mass is 10.0. The molecule has 2 fully saturated rings. The average molecular weight is 313 g/mol. The van der Waals surface area contributed by atoms with E-state index in [1.807, 2.05) is 12.1 Å². The number of halogens is 2. The Morgan fingerprint density at radius 2 is 2.10 bits per heavy atom. The first-order valence-electron chi connectivity index (χ1n) is 7.58. The summed E-state index contributed by atoms with van der Waals surface area (Å²) in [5.74, 6) is 0.881. The van der Waals surface area contributed by atoms with Crippen LogP contribution in [0, 0.1) is 5.92 Å². The standard InChI is InChI=1S/C16H22Cl2N2/c1-2-14-10-20(16(8-19-14)11-3-4-11)9-12-5-6-13(17)7-15(12)18/h5-7,11,14,16,19H,2-4,8-10H2,1H3. The lowest BCUT2D eigenvalue weighted by Gasteiger charge is -2.40. The van der Waals surface area contributed by atoms with E-state index in [0.717, 1.165) is 30.6 Å². The second-order valence-corrected chi connectivity index (χ2v) is 6.93. The third kappa shape index (κ3) is 3.30. The van der Waals surface area contributed by atoms with Crippen LogP contribution in [0.5, 0.6) is 0 Å². The Bertz CT molecular complexity index is 474. The quantitative estimate of drug-likeness (QED) is 0.905. The fourth-order valence-electron chi connectivity index (χ4n) is 3.17. The van der Waals surface area contributed by atoms with Crippen LogP contribution in [0.4, 0.5) is 0 Å². The molecule has 4 heteroatoms. The maximum atomic E-state index is 6.34. The zero-order valence-electron chi connectivity index (χ0n) is 11.9. The van der Waals surface area contributed by atoms with Crippen molar-refractivity contribution in [1.82, 2.24) is 10.2 Å². The van der Waals surface area contributed by atoms with E-state index in [0.29, 0.717) is 17.1 Å². The number of nitrogens with zero attached hydrogens (tertiary/aromatic N) is 1. The van der Waals surface area contributed by atoms with Gasteiger partial charge in [0.1, 0.15) is 0 Å². The van der Waals surface area contributed by atoms with Gasteiger partial charge in [-0.25, -0.2) is 0 Å². The highest BCUT2D eigenvalue weighted by molar-refractivity contribution is 6.35. The Balaban J connectivity index is 1.74. The van der Waals surface area contributed by atoms with Crippen molar-refractivity contribution in [3.63, 3.8) is 0 Å². The van der Waals surface area contributed by atoms with Crippen molar-refractivity contribution >= 4 is 23.2 Å². The predicted molar refractivity (Wildman–Crippen MR) is 85.5 cm³/mol. The van der Waals surface area contributed by atoms with Gasteiger partial charge in [0, 0.05) is 41.8 Å². The van der Waals surface area contributed by atoms with Crippen LogP contribution in [0.1, 0.15) is 31.7 Å². The van der Waals surface area contributed by atoms with Crippen molar-refractivity contribution in [1.29, 1.82) is 0 Å². The molecule has 2 unspecified atom stereocenters. The van der Waals surface area contributed by atoms with Gasteiger partial charge in [-0.1, -0.05) is 36.2 Å². The summed E-state index contributed by atoms with van der Waals surface area (Å²) in [5.41, 5.74) is 1.19. The van der Waals surface area contributed by atoms with Crippen LogP contribution in [0.15, 0.2) is 18.2 Å². The van der Waals surface area contributed by atoms with E-state index in [2.05, 4.69) is 23.2 Å². The molecule has 2 nitrogen and oxygen atoms in total. The highest BCUT2D eigenvalue weighted by Crippen LogP contribution is 2.37. The van der Waals surface area contributed by atoms with Crippen molar-refractivity contribution in [3.05, 3.63) is 33.8 Å². The van der Waals surface area contributed by atoms with Crippen molar-refractivity contribution in [2.75, 3.05) is 13.1 Å². The van der Waals surface area contributed by atoms with E-state index in [-0.39, 0.29) is 0 Å². The Labute approximate surface area is 131 Å². The molecule has 1 aliphatic carbocycles. The maximum absolute atomic E-state index is 6.34. The topological polar surface area (TPSA) is 15.3 Å². The molecule has 3 rings (SSSR count). The van der Waals surface area contributed by atoms with Gasteiger partial charge < -0.3 is 5.32 Å². The van der Waals surface area contributed by atoms with Crippen molar-refractivity contribution < 1.29 is 0 Å². The Kier molecular flexibility index (Phi) is 4.56. The monoisotopic (exact) mass is 312 g/mol. The second-order valence-electron chi connectivity index (χ2n) is 6.08. The normalized spacial score (nSPS) is 27.8. The molecule has 1 aromatic carbocycles. The van der Waals surface area contributed by atoms with Crippen LogP contribution in [0.2, 0.25) is 10.0 Å². The lowest BCUT2D eigenvalue weighted by molar-refractivity contribution is 0.106. The van der Waals surface area contributed by atoms with Gasteiger partial charge in [-0.05, 0) is 42.9 Å². The highest BCUT2D eigenvalue weighted by Gasteiger charge is 2.38. The molecule has 1 saturated heterocycles. The van der Waals surface area contributed by atoms with Crippen molar-refractivity contribution in [2.45, 2.75) is 44.8 Å². The minimum atomic E-state index is 0.607. The molecular weight excluding hydrogens is 291 g/mol. The zero-order chi connectivity index (χ0) is 14.1. The molecule has 0 radical (unpaired) electrons. The summed E-state index contributed by atoms with van der Waals surface area (Å²) in [6.45, 7) is 5.43. The van der Waals surface area contributed by atoms with Crippen molar-refractivity contribution in [2.24, 2.45) is 5.92 Å². The molecule has 0 spiro atoms. The van der Waals surface area contributed by atoms with E-state index in [9.17, 15) is 0 Å². The highest BCUT2D eigenvalue weighted by atomic mass is 35.5. The van der Waals surface area contributed by atoms with Gasteiger partial charge in [-0.2, -0.15) is 0 Å². The maximum Gasteiger partial charge on any atom is 0.0465 e. The van der Waals surface area contributed by atoms with Crippen molar-refractivity contribution in [3.8, 4) is 0 Å². The van der Waals surface area contributed by atoms with E-state index in [1.54, 1.807) is 0 Å². The summed E-state index contributed by atoms with van der Waals surface area (Å²) >= 11 is 12.3. The fraction of sp³-hybridized carbons (Fsp3) is 0.625. The molecular formula is C16H22Cl2N2. The van der Waals surface area contributed by atoms with E-state index in [4.69, 9.17) is 23.2 Å². The average Bonchev–Trinajstić information content (AvgIpc) is 3.26. The third-order valence-corrected chi connectivity index (χ3v) is 5.17. The van der Waals surface area contributed by atoms with Gasteiger partial charge in [0.05, 0.1) is 0 Å². The third-order valence-electron chi connectivity index (χ3n) is 4.59. The molecule has 2 aliphatic rings. The molecule has 1 N–H and O–H groups in total. The smallest absolute Gasteiger partial charge is 0.0465 e. The summed E-state index contributed by atoms with van der Waals surface area (Å²) in [7, 11) is 0. The molecule has 1 heterocycles. The van der Waals surface area contributed by atoms with Gasteiger partial charge in [0.2, 0.25) is 0 Å². The Morgan fingerprint density at radius 3 is 2.75 bits per heavy atom. The predicted octanol–water partition coefficient (Wildman–Crippen LogP) is 3.96. The van der Waals surface area contributed by atoms with Gasteiger partial charge in [0.15, 0.2) is 0 Å². The minimum Gasteiger partial charge on any atom is -0.311 e. The van der Waals surface area contributed by atoms with Crippen LogP contribution in [0.3, 0.4) is 0 Å². The number of piperazine rings is 1. The van der Waals surface area contributed by atoms with Gasteiger partial charge >= 0.3 is 0 Å². The Hall–Kier alpha value is -0.280. The number of hydrogen-bond donors (Lipinski definition) is 1. The molecule has 1 aliphatic heterocycles. The van der Waals surface area contributed by atoms with Crippen LogP contribution < -0.4 is 5.32 Å². The molecule has 1 aromatic rings. The van der Waals surface area contributed by atoms with E-state index in [1.165, 1.54) is 24.8 Å². The first-order chi connectivity index (χ1) is 9.67.